The summed E-state index contributed by atoms with van der Waals surface area (Å²) in [7, 11) is 0. The van der Waals surface area contributed by atoms with Crippen LogP contribution < -0.4 is 10.6 Å². The number of rotatable bonds is 5. The Hall–Kier alpha value is -0.370. The molecule has 0 bridgehead atoms. The van der Waals surface area contributed by atoms with Crippen LogP contribution in [0.4, 0.5) is 4.39 Å². The minimum absolute atomic E-state index is 0. The predicted octanol–water partition coefficient (Wildman–Crippen LogP) is 3.67. The Morgan fingerprint density at radius 2 is 2.05 bits per heavy atom. The molecule has 3 nitrogen and oxygen atoms in total. The minimum atomic E-state index is -0.228. The monoisotopic (exact) mass is 443 g/mol. The lowest BCUT2D eigenvalue weighted by Gasteiger charge is -2.10. The van der Waals surface area contributed by atoms with Crippen molar-refractivity contribution in [2.45, 2.75) is 26.8 Å². The summed E-state index contributed by atoms with van der Waals surface area (Å²) in [5.41, 5.74) is 0.582. The van der Waals surface area contributed by atoms with Gasteiger partial charge in [0.25, 0.3) is 0 Å². The fourth-order valence-corrected chi connectivity index (χ4v) is 1.82. The summed E-state index contributed by atoms with van der Waals surface area (Å²) in [6, 6.07) is 4.88. The van der Waals surface area contributed by atoms with Gasteiger partial charge in [-0.3, -0.25) is 0 Å². The van der Waals surface area contributed by atoms with Crippen LogP contribution in [0, 0.1) is 5.82 Å². The molecular weight excluding hydrogens is 424 g/mol. The molecule has 108 valence electrons. The smallest absolute Gasteiger partial charge is 0.191 e. The molecule has 0 amide bonds. The van der Waals surface area contributed by atoms with Gasteiger partial charge in [-0.1, -0.05) is 22.9 Å². The van der Waals surface area contributed by atoms with Crippen molar-refractivity contribution in [3.05, 3.63) is 34.1 Å². The number of halogens is 3. The summed E-state index contributed by atoms with van der Waals surface area (Å²) in [6.45, 7) is 6.06. The van der Waals surface area contributed by atoms with Crippen LogP contribution in [0.15, 0.2) is 27.7 Å². The van der Waals surface area contributed by atoms with Crippen molar-refractivity contribution in [1.82, 2.24) is 10.6 Å². The molecule has 0 fully saturated rings. The predicted molar refractivity (Wildman–Crippen MR) is 92.6 cm³/mol. The molecule has 1 rings (SSSR count). The van der Waals surface area contributed by atoms with E-state index in [1.807, 2.05) is 6.92 Å². The molecule has 0 aliphatic carbocycles. The van der Waals surface area contributed by atoms with E-state index in [1.54, 1.807) is 12.1 Å². The first kappa shape index (κ1) is 18.6. The van der Waals surface area contributed by atoms with Gasteiger partial charge in [0.2, 0.25) is 0 Å². The number of hydrogen-bond acceptors (Lipinski definition) is 1. The molecule has 0 radical (unpaired) electrons. The third-order valence-corrected chi connectivity index (χ3v) is 2.80. The highest BCUT2D eigenvalue weighted by Crippen LogP contribution is 2.16. The number of hydrogen-bond donors (Lipinski definition) is 2. The third kappa shape index (κ3) is 7.10. The number of nitrogens with zero attached hydrogens (tertiary/aromatic N) is 1. The lowest BCUT2D eigenvalue weighted by Crippen LogP contribution is -2.37. The molecule has 6 heteroatoms. The maximum atomic E-state index is 13.5. The summed E-state index contributed by atoms with van der Waals surface area (Å²) in [6.07, 6.45) is 1.02. The Labute approximate surface area is 139 Å². The van der Waals surface area contributed by atoms with Crippen LogP contribution in [-0.2, 0) is 6.54 Å². The molecule has 0 aromatic heterocycles. The number of benzene rings is 1. The summed E-state index contributed by atoms with van der Waals surface area (Å²) >= 11 is 3.33. The van der Waals surface area contributed by atoms with Gasteiger partial charge in [-0.25, -0.2) is 9.38 Å². The van der Waals surface area contributed by atoms with Gasteiger partial charge in [0.05, 0.1) is 6.54 Å². The zero-order valence-corrected chi connectivity index (χ0v) is 15.1. The normalized spacial score (nSPS) is 10.8. The average Bonchev–Trinajstić information content (AvgIpc) is 2.36. The van der Waals surface area contributed by atoms with Gasteiger partial charge >= 0.3 is 0 Å². The van der Waals surface area contributed by atoms with E-state index < -0.39 is 0 Å². The van der Waals surface area contributed by atoms with Crippen LogP contribution in [-0.4, -0.2) is 19.0 Å². The first-order valence-corrected chi connectivity index (χ1v) is 6.92. The van der Waals surface area contributed by atoms with Crippen LogP contribution in [0.3, 0.4) is 0 Å². The van der Waals surface area contributed by atoms with Crippen LogP contribution in [0.2, 0.25) is 0 Å². The highest BCUT2D eigenvalue weighted by atomic mass is 127. The van der Waals surface area contributed by atoms with E-state index in [4.69, 9.17) is 0 Å². The van der Waals surface area contributed by atoms with Gasteiger partial charge in [-0.05, 0) is 31.5 Å². The van der Waals surface area contributed by atoms with Crippen LogP contribution in [0.25, 0.3) is 0 Å². The molecule has 1 aromatic rings. The van der Waals surface area contributed by atoms with Gasteiger partial charge in [0, 0.05) is 23.1 Å². The molecule has 0 aliphatic rings. The van der Waals surface area contributed by atoms with Gasteiger partial charge in [-0.2, -0.15) is 0 Å². The largest absolute Gasteiger partial charge is 0.357 e. The van der Waals surface area contributed by atoms with Crippen molar-refractivity contribution < 1.29 is 4.39 Å². The zero-order valence-electron chi connectivity index (χ0n) is 11.2. The second-order valence-electron chi connectivity index (χ2n) is 3.86. The zero-order chi connectivity index (χ0) is 13.4. The molecule has 0 spiro atoms. The van der Waals surface area contributed by atoms with E-state index >= 15 is 0 Å². The van der Waals surface area contributed by atoms with Crippen molar-refractivity contribution in [1.29, 1.82) is 0 Å². The Kier molecular flexibility index (Phi) is 10.2. The van der Waals surface area contributed by atoms with Gasteiger partial charge < -0.3 is 10.6 Å². The van der Waals surface area contributed by atoms with Crippen molar-refractivity contribution in [3.8, 4) is 0 Å². The molecule has 0 saturated heterocycles. The second-order valence-corrected chi connectivity index (χ2v) is 4.77. The van der Waals surface area contributed by atoms with Crippen LogP contribution in [0.5, 0.6) is 0 Å². The fraction of sp³-hybridized carbons (Fsp3) is 0.462. The van der Waals surface area contributed by atoms with Gasteiger partial charge in [0.1, 0.15) is 5.82 Å². The summed E-state index contributed by atoms with van der Waals surface area (Å²) in [5, 5.41) is 6.31. The van der Waals surface area contributed by atoms with Crippen molar-refractivity contribution >= 4 is 45.9 Å². The molecule has 19 heavy (non-hydrogen) atoms. The topological polar surface area (TPSA) is 36.4 Å². The summed E-state index contributed by atoms with van der Waals surface area (Å²) in [4.78, 5) is 4.36. The minimum Gasteiger partial charge on any atom is -0.357 e. The first-order chi connectivity index (χ1) is 8.67. The Bertz CT molecular complexity index is 413. The second kappa shape index (κ2) is 10.4. The maximum absolute atomic E-state index is 13.5. The number of nitrogens with one attached hydrogen (secondary N) is 2. The SMILES string of the molecule is CCCNC(=NCc1cc(Br)ccc1F)NCC.I. The lowest BCUT2D eigenvalue weighted by molar-refractivity contribution is 0.610. The summed E-state index contributed by atoms with van der Waals surface area (Å²) in [5.74, 6) is 0.493. The van der Waals surface area contributed by atoms with E-state index in [-0.39, 0.29) is 29.8 Å². The van der Waals surface area contributed by atoms with E-state index in [2.05, 4.69) is 38.5 Å². The maximum Gasteiger partial charge on any atom is 0.191 e. The molecule has 0 saturated carbocycles. The van der Waals surface area contributed by atoms with Gasteiger partial charge in [-0.15, -0.1) is 24.0 Å². The Balaban J connectivity index is 0.00000324. The standard InChI is InChI=1S/C13H19BrFN3.HI/c1-3-7-17-13(16-4-2)18-9-10-8-11(14)5-6-12(10)15;/h5-6,8H,3-4,7,9H2,1-2H3,(H2,16,17,18);1H. The summed E-state index contributed by atoms with van der Waals surface area (Å²) < 4.78 is 14.4. The molecule has 1 aromatic carbocycles. The Morgan fingerprint density at radius 1 is 1.32 bits per heavy atom. The lowest BCUT2D eigenvalue weighted by atomic mass is 10.2. The molecule has 2 N–H and O–H groups in total. The average molecular weight is 444 g/mol. The molecule has 0 unspecified atom stereocenters. The van der Waals surface area contributed by atoms with E-state index in [1.165, 1.54) is 6.07 Å². The highest BCUT2D eigenvalue weighted by molar-refractivity contribution is 14.0. The van der Waals surface area contributed by atoms with Gasteiger partial charge in [0.15, 0.2) is 5.96 Å². The van der Waals surface area contributed by atoms with Crippen LogP contribution in [0.1, 0.15) is 25.8 Å². The fourth-order valence-electron chi connectivity index (χ4n) is 1.41. The number of guanidine groups is 1. The molecule has 0 aliphatic heterocycles. The van der Waals surface area contributed by atoms with Crippen LogP contribution >= 0.6 is 39.9 Å². The highest BCUT2D eigenvalue weighted by Gasteiger charge is 2.03. The van der Waals surface area contributed by atoms with Crippen molar-refractivity contribution in [3.63, 3.8) is 0 Å². The first-order valence-electron chi connectivity index (χ1n) is 6.13. The molecule has 0 atom stereocenters. The van der Waals surface area contributed by atoms with Crippen molar-refractivity contribution in [2.75, 3.05) is 13.1 Å². The van der Waals surface area contributed by atoms with E-state index in [0.717, 1.165) is 29.9 Å². The number of aliphatic imine (C=N–C) groups is 1. The molecule has 0 heterocycles. The Morgan fingerprint density at radius 3 is 2.68 bits per heavy atom. The van der Waals surface area contributed by atoms with E-state index in [9.17, 15) is 4.39 Å². The quantitative estimate of drug-likeness (QED) is 0.413. The van der Waals surface area contributed by atoms with E-state index in [0.29, 0.717) is 12.1 Å². The molecular formula is C13H20BrFIN3. The third-order valence-electron chi connectivity index (χ3n) is 2.30. The van der Waals surface area contributed by atoms with Crippen molar-refractivity contribution in [2.24, 2.45) is 4.99 Å².